The Kier molecular flexibility index (Phi) is 11.0. The van der Waals surface area contributed by atoms with E-state index in [0.717, 1.165) is 25.6 Å². The van der Waals surface area contributed by atoms with Crippen LogP contribution in [0.15, 0.2) is 35.3 Å². The molecule has 0 amide bonds. The highest BCUT2D eigenvalue weighted by Gasteiger charge is 2.40. The number of nitrogens with zero attached hydrogens (tertiary/aromatic N) is 2. The maximum Gasteiger partial charge on any atom is 0.191 e. The van der Waals surface area contributed by atoms with Crippen molar-refractivity contribution in [2.75, 3.05) is 25.1 Å². The van der Waals surface area contributed by atoms with Crippen LogP contribution in [-0.2, 0) is 6.54 Å². The van der Waals surface area contributed by atoms with Crippen LogP contribution in [0.5, 0.6) is 0 Å². The zero-order valence-electron chi connectivity index (χ0n) is 17.4. The first kappa shape index (κ1) is 23.8. The summed E-state index contributed by atoms with van der Waals surface area (Å²) in [6, 6.07) is 12.9. The highest BCUT2D eigenvalue weighted by molar-refractivity contribution is 14.0. The second-order valence-corrected chi connectivity index (χ2v) is 8.80. The molecule has 0 aliphatic carbocycles. The number of benzene rings is 1. The van der Waals surface area contributed by atoms with Crippen LogP contribution in [0, 0.1) is 0 Å². The van der Waals surface area contributed by atoms with Gasteiger partial charge < -0.3 is 10.6 Å². The predicted octanol–water partition coefficient (Wildman–Crippen LogP) is 4.50. The van der Waals surface area contributed by atoms with Crippen LogP contribution in [0.25, 0.3) is 0 Å². The third-order valence-electron chi connectivity index (χ3n) is 5.80. The number of hydrogen-bond donors (Lipinski definition) is 2. The van der Waals surface area contributed by atoms with Crippen molar-refractivity contribution in [3.8, 4) is 0 Å². The maximum atomic E-state index is 4.81. The summed E-state index contributed by atoms with van der Waals surface area (Å²) in [5, 5.41) is 7.18. The summed E-state index contributed by atoms with van der Waals surface area (Å²) in [6.07, 6.45) is 9.77. The third kappa shape index (κ3) is 7.10. The Morgan fingerprint density at radius 3 is 2.50 bits per heavy atom. The number of piperidine rings is 1. The van der Waals surface area contributed by atoms with Crippen molar-refractivity contribution >= 4 is 41.7 Å². The van der Waals surface area contributed by atoms with Crippen LogP contribution in [0.1, 0.15) is 51.0 Å². The van der Waals surface area contributed by atoms with Gasteiger partial charge >= 0.3 is 0 Å². The van der Waals surface area contributed by atoms with Gasteiger partial charge in [-0.2, -0.15) is 11.8 Å². The van der Waals surface area contributed by atoms with E-state index in [1.165, 1.54) is 49.8 Å². The van der Waals surface area contributed by atoms with Gasteiger partial charge in [0.15, 0.2) is 5.96 Å². The molecule has 4 nitrogen and oxygen atoms in total. The van der Waals surface area contributed by atoms with Crippen molar-refractivity contribution < 1.29 is 0 Å². The monoisotopic (exact) mass is 516 g/mol. The van der Waals surface area contributed by atoms with Gasteiger partial charge in [0.25, 0.3) is 0 Å². The minimum atomic E-state index is 0. The lowest BCUT2D eigenvalue weighted by atomic mass is 9.96. The van der Waals surface area contributed by atoms with E-state index in [9.17, 15) is 0 Å². The van der Waals surface area contributed by atoms with Crippen molar-refractivity contribution in [3.05, 3.63) is 35.9 Å². The molecule has 2 aliphatic heterocycles. The molecule has 2 fully saturated rings. The van der Waals surface area contributed by atoms with Crippen molar-refractivity contribution in [2.45, 2.75) is 70.1 Å². The standard InChI is InChI=1S/C22H36N4S.HI/c1-3-23-22(24-13-7-8-14-27-2)25-19-15-20-11-12-21(16-19)26(20)17-18-9-5-4-6-10-18;/h4-6,9-10,19-21H,3,7-8,11-17H2,1-2H3,(H2,23,24,25);1H. The van der Waals surface area contributed by atoms with Crippen molar-refractivity contribution in [1.82, 2.24) is 15.5 Å². The van der Waals surface area contributed by atoms with Gasteiger partial charge in [0.1, 0.15) is 0 Å². The number of thioether (sulfide) groups is 1. The van der Waals surface area contributed by atoms with Gasteiger partial charge in [0.2, 0.25) is 0 Å². The number of hydrogen-bond acceptors (Lipinski definition) is 3. The van der Waals surface area contributed by atoms with Gasteiger partial charge in [0.05, 0.1) is 0 Å². The zero-order valence-corrected chi connectivity index (χ0v) is 20.5. The Morgan fingerprint density at radius 2 is 1.86 bits per heavy atom. The Balaban J connectivity index is 0.00000280. The fourth-order valence-electron chi connectivity index (χ4n) is 4.51. The van der Waals surface area contributed by atoms with E-state index in [1.54, 1.807) is 0 Å². The summed E-state index contributed by atoms with van der Waals surface area (Å²) in [7, 11) is 0. The van der Waals surface area contributed by atoms with Crippen LogP contribution < -0.4 is 10.6 Å². The molecule has 1 aromatic carbocycles. The van der Waals surface area contributed by atoms with E-state index in [4.69, 9.17) is 4.99 Å². The van der Waals surface area contributed by atoms with Gasteiger partial charge in [0, 0.05) is 37.8 Å². The van der Waals surface area contributed by atoms with Crippen LogP contribution >= 0.6 is 35.7 Å². The minimum Gasteiger partial charge on any atom is -0.357 e. The first-order chi connectivity index (χ1) is 13.3. The molecule has 0 radical (unpaired) electrons. The van der Waals surface area contributed by atoms with Gasteiger partial charge in [-0.1, -0.05) is 30.3 Å². The van der Waals surface area contributed by atoms with Crippen molar-refractivity contribution in [1.29, 1.82) is 0 Å². The number of unbranched alkanes of at least 4 members (excludes halogenated alkanes) is 1. The second kappa shape index (κ2) is 13.0. The van der Waals surface area contributed by atoms with E-state index >= 15 is 0 Å². The molecule has 158 valence electrons. The zero-order chi connectivity index (χ0) is 18.9. The van der Waals surface area contributed by atoms with Crippen molar-refractivity contribution in [3.63, 3.8) is 0 Å². The Bertz CT molecular complexity index is 569. The summed E-state index contributed by atoms with van der Waals surface area (Å²) < 4.78 is 0. The molecule has 2 unspecified atom stereocenters. The quantitative estimate of drug-likeness (QED) is 0.220. The molecule has 0 aromatic heterocycles. The largest absolute Gasteiger partial charge is 0.357 e. The molecule has 28 heavy (non-hydrogen) atoms. The molecule has 2 atom stereocenters. The van der Waals surface area contributed by atoms with Gasteiger partial charge in [-0.25, -0.2) is 0 Å². The number of guanidine groups is 1. The topological polar surface area (TPSA) is 39.7 Å². The molecular weight excluding hydrogens is 479 g/mol. The van der Waals surface area contributed by atoms with E-state index in [2.05, 4.69) is 59.0 Å². The lowest BCUT2D eigenvalue weighted by molar-refractivity contribution is 0.114. The molecular formula is C22H37IN4S. The summed E-state index contributed by atoms with van der Waals surface area (Å²) in [5.41, 5.74) is 1.45. The molecule has 1 aromatic rings. The van der Waals surface area contributed by atoms with E-state index < -0.39 is 0 Å². The van der Waals surface area contributed by atoms with E-state index in [1.807, 2.05) is 11.8 Å². The number of aliphatic imine (C=N–C) groups is 1. The fraction of sp³-hybridized carbons (Fsp3) is 0.682. The smallest absolute Gasteiger partial charge is 0.191 e. The molecule has 2 aliphatic rings. The molecule has 2 saturated heterocycles. The normalized spacial score (nSPS) is 24.6. The highest BCUT2D eigenvalue weighted by atomic mass is 127. The fourth-order valence-corrected chi connectivity index (χ4v) is 5.00. The lowest BCUT2D eigenvalue weighted by Crippen LogP contribution is -2.52. The third-order valence-corrected chi connectivity index (χ3v) is 6.50. The van der Waals surface area contributed by atoms with Crippen LogP contribution in [0.3, 0.4) is 0 Å². The molecule has 0 saturated carbocycles. The molecule has 0 spiro atoms. The van der Waals surface area contributed by atoms with Crippen LogP contribution in [-0.4, -0.2) is 54.1 Å². The molecule has 2 N–H and O–H groups in total. The maximum absolute atomic E-state index is 4.81. The van der Waals surface area contributed by atoms with Crippen LogP contribution in [0.4, 0.5) is 0 Å². The minimum absolute atomic E-state index is 0. The molecule has 6 heteroatoms. The second-order valence-electron chi connectivity index (χ2n) is 7.82. The Morgan fingerprint density at radius 1 is 1.14 bits per heavy atom. The number of nitrogens with one attached hydrogen (secondary N) is 2. The first-order valence-corrected chi connectivity index (χ1v) is 12.0. The SMILES string of the molecule is CCNC(=NCCCCSC)NC1CC2CCC(C1)N2Cc1ccccc1.I. The van der Waals surface area contributed by atoms with Gasteiger partial charge in [-0.15, -0.1) is 24.0 Å². The summed E-state index contributed by atoms with van der Waals surface area (Å²) in [4.78, 5) is 7.56. The Labute approximate surface area is 192 Å². The summed E-state index contributed by atoms with van der Waals surface area (Å²) in [5.74, 6) is 2.26. The first-order valence-electron chi connectivity index (χ1n) is 10.6. The average Bonchev–Trinajstić information content (AvgIpc) is 2.91. The van der Waals surface area contributed by atoms with Crippen LogP contribution in [0.2, 0.25) is 0 Å². The molecule has 2 heterocycles. The van der Waals surface area contributed by atoms with E-state index in [0.29, 0.717) is 18.1 Å². The van der Waals surface area contributed by atoms with Gasteiger partial charge in [-0.3, -0.25) is 9.89 Å². The molecule has 3 rings (SSSR count). The predicted molar refractivity (Wildman–Crippen MR) is 134 cm³/mol. The number of halogens is 1. The summed E-state index contributed by atoms with van der Waals surface area (Å²) in [6.45, 7) is 5.11. The molecule has 2 bridgehead atoms. The van der Waals surface area contributed by atoms with Gasteiger partial charge in [-0.05, 0) is 63.0 Å². The lowest BCUT2D eigenvalue weighted by Gasteiger charge is -2.39. The summed E-state index contributed by atoms with van der Waals surface area (Å²) >= 11 is 1.92. The highest BCUT2D eigenvalue weighted by Crippen LogP contribution is 2.36. The number of rotatable bonds is 9. The number of fused-ring (bicyclic) bond motifs is 2. The average molecular weight is 517 g/mol. The van der Waals surface area contributed by atoms with E-state index in [-0.39, 0.29) is 24.0 Å². The van der Waals surface area contributed by atoms with Crippen molar-refractivity contribution in [2.24, 2.45) is 4.99 Å². The Hall–Kier alpha value is -0.470.